The van der Waals surface area contributed by atoms with Gasteiger partial charge in [0.05, 0.1) is 38.9 Å². The Hall–Kier alpha value is -5.89. The Morgan fingerprint density at radius 3 is 2.37 bits per heavy atom. The predicted molar refractivity (Wildman–Crippen MR) is 191 cm³/mol. The number of hydrogen-bond acceptors (Lipinski definition) is 12. The summed E-state index contributed by atoms with van der Waals surface area (Å²) in [6.07, 6.45) is 0.195. The minimum absolute atomic E-state index is 0.0145. The first kappa shape index (κ1) is 35.2. The topological polar surface area (TPSA) is 172 Å². The van der Waals surface area contributed by atoms with Gasteiger partial charge in [0.1, 0.15) is 39.4 Å². The fourth-order valence-electron chi connectivity index (χ4n) is 7.87. The number of methoxy groups -OCH3 is 3. The van der Waals surface area contributed by atoms with E-state index in [1.807, 2.05) is 0 Å². The Balaban J connectivity index is 1.19. The fourth-order valence-corrected chi connectivity index (χ4v) is 8.14. The molecule has 15 heteroatoms. The quantitative estimate of drug-likeness (QED) is 0.232. The van der Waals surface area contributed by atoms with Gasteiger partial charge in [-0.1, -0.05) is 18.5 Å². The number of furan rings is 1. The molecule has 280 valence electrons. The lowest BCUT2D eigenvalue weighted by Crippen LogP contribution is -2.56. The number of likely N-dealkylation sites (N-methyl/N-ethyl adjacent to an activating group) is 1. The van der Waals surface area contributed by atoms with Crippen LogP contribution in [0.25, 0.3) is 11.3 Å². The van der Waals surface area contributed by atoms with E-state index in [4.69, 9.17) is 44.4 Å². The number of halogens is 1. The summed E-state index contributed by atoms with van der Waals surface area (Å²) in [6.45, 7) is 1.87. The molecule has 1 aliphatic carbocycles. The molecule has 2 atom stereocenters. The van der Waals surface area contributed by atoms with E-state index in [0.29, 0.717) is 41.2 Å². The standard InChI is InChI=1S/C39H35ClN2O12/c1-17-12-24-27(36(45)39(17)37(46)29-23(49-4)14-25(50-5)30(40)34(29)54-39)21(32(53-24)18-6-8-19(48-3)9-7-18)13-26(43)41-15-22-20-10-11-42(2)38(47)28(20)31(44)35-33(22)51-16-52-35/h6-9,14,17,44H,10-13,15-16H2,1-5H3,(H,41,43). The second kappa shape index (κ2) is 12.9. The van der Waals surface area contributed by atoms with E-state index in [1.165, 1.54) is 32.3 Å². The molecule has 4 aromatic rings. The van der Waals surface area contributed by atoms with E-state index in [9.17, 15) is 24.3 Å². The minimum Gasteiger partial charge on any atom is -0.504 e. The second-order valence-corrected chi connectivity index (χ2v) is 13.9. The second-order valence-electron chi connectivity index (χ2n) is 13.5. The molecule has 1 spiro atoms. The zero-order valence-electron chi connectivity index (χ0n) is 30.0. The third-order valence-electron chi connectivity index (χ3n) is 10.7. The van der Waals surface area contributed by atoms with Crippen molar-refractivity contribution in [1.82, 2.24) is 10.2 Å². The highest BCUT2D eigenvalue weighted by Crippen LogP contribution is 2.55. The van der Waals surface area contributed by atoms with Gasteiger partial charge in [0.15, 0.2) is 17.2 Å². The van der Waals surface area contributed by atoms with Crippen LogP contribution < -0.4 is 33.7 Å². The number of ether oxygens (including phenoxy) is 6. The number of nitrogens with zero attached hydrogens (tertiary/aromatic N) is 1. The van der Waals surface area contributed by atoms with E-state index >= 15 is 0 Å². The zero-order chi connectivity index (χ0) is 38.2. The maximum Gasteiger partial charge on any atom is 0.257 e. The number of carbonyl (C=O) groups is 4. The van der Waals surface area contributed by atoms with Crippen LogP contribution in [0.2, 0.25) is 5.02 Å². The third-order valence-corrected chi connectivity index (χ3v) is 11.0. The van der Waals surface area contributed by atoms with Crippen molar-refractivity contribution in [2.45, 2.75) is 38.3 Å². The van der Waals surface area contributed by atoms with Gasteiger partial charge in [0, 0.05) is 55.2 Å². The molecule has 4 aliphatic rings. The van der Waals surface area contributed by atoms with Gasteiger partial charge in [-0.15, -0.1) is 0 Å². The molecule has 0 saturated carbocycles. The van der Waals surface area contributed by atoms with Crippen molar-refractivity contribution in [2.24, 2.45) is 5.92 Å². The van der Waals surface area contributed by atoms with Gasteiger partial charge in [-0.3, -0.25) is 19.2 Å². The molecule has 2 unspecified atom stereocenters. The van der Waals surface area contributed by atoms with Crippen molar-refractivity contribution in [3.8, 4) is 51.6 Å². The summed E-state index contributed by atoms with van der Waals surface area (Å²) in [5, 5.41) is 13.9. The SMILES string of the molecule is COc1ccc(-c2oc3c(c2CC(=O)NCc2c4c(c(O)c5c2OCO5)C(=O)N(C)CC4)C(=O)C2(Oc4c(Cl)c(OC)cc(OC)c4C2=O)C(C)C3)cc1. The van der Waals surface area contributed by atoms with Crippen molar-refractivity contribution in [2.75, 3.05) is 41.7 Å². The zero-order valence-corrected chi connectivity index (χ0v) is 30.7. The van der Waals surface area contributed by atoms with E-state index < -0.39 is 29.0 Å². The van der Waals surface area contributed by atoms with Crippen molar-refractivity contribution < 1.29 is 57.1 Å². The molecule has 0 radical (unpaired) electrons. The maximum absolute atomic E-state index is 14.9. The van der Waals surface area contributed by atoms with Crippen LogP contribution in [0.1, 0.15) is 60.4 Å². The van der Waals surface area contributed by atoms with E-state index in [-0.39, 0.29) is 99.6 Å². The summed E-state index contributed by atoms with van der Waals surface area (Å²) in [6, 6.07) is 8.41. The van der Waals surface area contributed by atoms with E-state index in [1.54, 1.807) is 38.2 Å². The summed E-state index contributed by atoms with van der Waals surface area (Å²) < 4.78 is 40.2. The van der Waals surface area contributed by atoms with Crippen LogP contribution in [0.3, 0.4) is 0 Å². The summed E-state index contributed by atoms with van der Waals surface area (Å²) in [7, 11) is 5.97. The first-order chi connectivity index (χ1) is 25.9. The number of rotatable bonds is 8. The van der Waals surface area contributed by atoms with Gasteiger partial charge >= 0.3 is 0 Å². The Labute approximate surface area is 313 Å². The monoisotopic (exact) mass is 758 g/mol. The van der Waals surface area contributed by atoms with Gasteiger partial charge in [-0.25, -0.2) is 0 Å². The van der Waals surface area contributed by atoms with Crippen LogP contribution in [-0.4, -0.2) is 80.7 Å². The average molecular weight is 759 g/mol. The number of phenols is 1. The Kier molecular flexibility index (Phi) is 8.40. The van der Waals surface area contributed by atoms with E-state index in [0.717, 1.165) is 0 Å². The number of amides is 2. The van der Waals surface area contributed by atoms with Crippen LogP contribution in [0, 0.1) is 5.92 Å². The first-order valence-electron chi connectivity index (χ1n) is 17.1. The average Bonchev–Trinajstić information content (AvgIpc) is 3.88. The molecule has 4 heterocycles. The highest BCUT2D eigenvalue weighted by molar-refractivity contribution is 6.36. The number of nitrogens with one attached hydrogen (secondary N) is 1. The van der Waals surface area contributed by atoms with Crippen LogP contribution in [-0.2, 0) is 30.6 Å². The smallest absolute Gasteiger partial charge is 0.257 e. The third kappa shape index (κ3) is 4.99. The number of hydrogen-bond donors (Lipinski definition) is 2. The number of carbonyl (C=O) groups excluding carboxylic acids is 4. The molecule has 0 saturated heterocycles. The van der Waals surface area contributed by atoms with Crippen molar-refractivity contribution >= 4 is 35.0 Å². The van der Waals surface area contributed by atoms with Gasteiger partial charge < -0.3 is 48.2 Å². The lowest BCUT2D eigenvalue weighted by Gasteiger charge is -2.35. The summed E-state index contributed by atoms with van der Waals surface area (Å²) in [5.74, 6) is -1.46. The Morgan fingerprint density at radius 2 is 1.67 bits per heavy atom. The number of phenolic OH excluding ortho intramolecular Hbond substituents is 1. The fraction of sp³-hybridized carbons (Fsp3) is 0.333. The lowest BCUT2D eigenvalue weighted by atomic mass is 9.70. The largest absolute Gasteiger partial charge is 0.504 e. The lowest BCUT2D eigenvalue weighted by molar-refractivity contribution is -0.120. The van der Waals surface area contributed by atoms with Crippen LogP contribution >= 0.6 is 11.6 Å². The Morgan fingerprint density at radius 1 is 0.963 bits per heavy atom. The number of benzene rings is 3. The summed E-state index contributed by atoms with van der Waals surface area (Å²) >= 11 is 6.64. The first-order valence-corrected chi connectivity index (χ1v) is 17.5. The molecule has 14 nitrogen and oxygen atoms in total. The normalized spacial score (nSPS) is 19.3. The minimum atomic E-state index is -2.03. The number of fused-ring (bicyclic) bond motifs is 4. The molecule has 2 N–H and O–H groups in total. The highest BCUT2D eigenvalue weighted by Gasteiger charge is 2.63. The highest BCUT2D eigenvalue weighted by atomic mass is 35.5. The molecular formula is C39H35ClN2O12. The molecular weight excluding hydrogens is 724 g/mol. The van der Waals surface area contributed by atoms with Gasteiger partial charge in [0.2, 0.25) is 35.6 Å². The molecule has 1 aromatic heterocycles. The summed E-state index contributed by atoms with van der Waals surface area (Å²) in [5.41, 5.74) is 0.0170. The Bertz CT molecular complexity index is 2300. The van der Waals surface area contributed by atoms with Gasteiger partial charge in [-0.2, -0.15) is 0 Å². The molecule has 0 bridgehead atoms. The number of ketones is 2. The predicted octanol–water partition coefficient (Wildman–Crippen LogP) is 4.94. The molecule has 2 amide bonds. The molecule has 3 aliphatic heterocycles. The molecule has 0 fully saturated rings. The van der Waals surface area contributed by atoms with Crippen molar-refractivity contribution in [3.05, 3.63) is 74.5 Å². The summed E-state index contributed by atoms with van der Waals surface area (Å²) in [4.78, 5) is 58.0. The van der Waals surface area contributed by atoms with Crippen molar-refractivity contribution in [3.63, 3.8) is 0 Å². The van der Waals surface area contributed by atoms with Gasteiger partial charge in [0.25, 0.3) is 5.91 Å². The maximum atomic E-state index is 14.9. The van der Waals surface area contributed by atoms with Crippen LogP contribution in [0.4, 0.5) is 0 Å². The van der Waals surface area contributed by atoms with Gasteiger partial charge in [-0.05, 0) is 36.2 Å². The van der Waals surface area contributed by atoms with Crippen LogP contribution in [0.15, 0.2) is 34.7 Å². The number of Topliss-reactive ketones (excluding diaryl/α,β-unsaturated/α-hetero) is 2. The number of aromatic hydroxyl groups is 1. The molecule has 3 aromatic carbocycles. The van der Waals surface area contributed by atoms with Crippen molar-refractivity contribution in [1.29, 1.82) is 0 Å². The van der Waals surface area contributed by atoms with E-state index in [2.05, 4.69) is 5.32 Å². The molecule has 54 heavy (non-hydrogen) atoms. The molecule has 8 rings (SSSR count). The van der Waals surface area contributed by atoms with Crippen LogP contribution in [0.5, 0.6) is 40.2 Å².